The molecule has 98 valence electrons. The highest BCUT2D eigenvalue weighted by molar-refractivity contribution is 5.98. The molecule has 0 bridgehead atoms. The van der Waals surface area contributed by atoms with E-state index in [1.807, 2.05) is 44.3 Å². The van der Waals surface area contributed by atoms with Crippen molar-refractivity contribution in [2.45, 2.75) is 26.7 Å². The fraction of sp³-hybridized carbons (Fsp3) is 0.333. The fourth-order valence-corrected chi connectivity index (χ4v) is 2.05. The summed E-state index contributed by atoms with van der Waals surface area (Å²) >= 11 is 0. The third kappa shape index (κ3) is 2.26. The summed E-state index contributed by atoms with van der Waals surface area (Å²) in [7, 11) is 0. The molecule has 1 amide bonds. The lowest BCUT2D eigenvalue weighted by Gasteiger charge is -2.14. The summed E-state index contributed by atoms with van der Waals surface area (Å²) in [6.07, 6.45) is 5.55. The Hall–Kier alpha value is -2.10. The van der Waals surface area contributed by atoms with Crippen LogP contribution in [0.2, 0.25) is 0 Å². The van der Waals surface area contributed by atoms with E-state index in [1.165, 1.54) is 0 Å². The Bertz CT molecular complexity index is 612. The molecule has 1 N–H and O–H groups in total. The van der Waals surface area contributed by atoms with Crippen molar-refractivity contribution in [1.29, 1.82) is 0 Å². The molecule has 0 radical (unpaired) electrons. The lowest BCUT2D eigenvalue weighted by Crippen LogP contribution is -2.22. The van der Waals surface area contributed by atoms with Gasteiger partial charge in [0, 0.05) is 17.8 Å². The number of aromatic nitrogens is 2. The van der Waals surface area contributed by atoms with Gasteiger partial charge in [0.2, 0.25) is 5.91 Å². The zero-order valence-corrected chi connectivity index (χ0v) is 11.2. The van der Waals surface area contributed by atoms with E-state index in [1.54, 1.807) is 10.9 Å². The normalized spacial score (nSPS) is 16.1. The second-order valence-electron chi connectivity index (χ2n) is 5.49. The van der Waals surface area contributed by atoms with Gasteiger partial charge in [-0.25, -0.2) is 4.68 Å². The van der Waals surface area contributed by atoms with Crippen molar-refractivity contribution in [3.8, 4) is 5.69 Å². The van der Waals surface area contributed by atoms with Crippen molar-refractivity contribution >= 4 is 11.6 Å². The van der Waals surface area contributed by atoms with Crippen LogP contribution < -0.4 is 5.32 Å². The highest BCUT2D eigenvalue weighted by atomic mass is 16.2. The molecule has 0 atom stereocenters. The Morgan fingerprint density at radius 2 is 2.21 bits per heavy atom. The molecule has 4 nitrogen and oxygen atoms in total. The number of nitrogens with zero attached hydrogens (tertiary/aromatic N) is 2. The predicted molar refractivity (Wildman–Crippen MR) is 74.3 cm³/mol. The first-order valence-electron chi connectivity index (χ1n) is 6.51. The van der Waals surface area contributed by atoms with Crippen LogP contribution in [0, 0.1) is 12.3 Å². The van der Waals surface area contributed by atoms with E-state index >= 15 is 0 Å². The van der Waals surface area contributed by atoms with Gasteiger partial charge < -0.3 is 5.32 Å². The second-order valence-corrected chi connectivity index (χ2v) is 5.49. The van der Waals surface area contributed by atoms with Crippen molar-refractivity contribution in [3.05, 3.63) is 42.2 Å². The highest BCUT2D eigenvalue weighted by Crippen LogP contribution is 2.46. The molecule has 0 unspecified atom stereocenters. The molecule has 0 saturated heterocycles. The van der Waals surface area contributed by atoms with Crippen LogP contribution in [0.15, 0.2) is 36.7 Å². The summed E-state index contributed by atoms with van der Waals surface area (Å²) in [5, 5.41) is 7.27. The quantitative estimate of drug-likeness (QED) is 0.916. The van der Waals surface area contributed by atoms with Crippen molar-refractivity contribution < 1.29 is 4.79 Å². The minimum Gasteiger partial charge on any atom is -0.324 e. The Morgan fingerprint density at radius 3 is 2.84 bits per heavy atom. The van der Waals surface area contributed by atoms with Gasteiger partial charge in [0.25, 0.3) is 0 Å². The van der Waals surface area contributed by atoms with Crippen LogP contribution in [0.1, 0.15) is 25.3 Å². The van der Waals surface area contributed by atoms with Gasteiger partial charge in [-0.15, -0.1) is 0 Å². The molecular formula is C15H17N3O. The zero-order valence-electron chi connectivity index (χ0n) is 11.2. The summed E-state index contributed by atoms with van der Waals surface area (Å²) < 4.78 is 1.77. The average Bonchev–Trinajstić information content (AvgIpc) is 2.92. The summed E-state index contributed by atoms with van der Waals surface area (Å²) in [6.45, 7) is 4.02. The molecule has 1 aliphatic carbocycles. The third-order valence-corrected chi connectivity index (χ3v) is 3.70. The zero-order chi connectivity index (χ0) is 13.5. The minimum atomic E-state index is -0.175. The van der Waals surface area contributed by atoms with Gasteiger partial charge in [-0.3, -0.25) is 4.79 Å². The first-order chi connectivity index (χ1) is 9.08. The molecule has 19 heavy (non-hydrogen) atoms. The van der Waals surface area contributed by atoms with Crippen LogP contribution in [0.25, 0.3) is 5.69 Å². The second kappa shape index (κ2) is 4.23. The number of carbonyl (C=O) groups is 1. The maximum Gasteiger partial charge on any atom is 0.230 e. The molecule has 2 aromatic rings. The third-order valence-electron chi connectivity index (χ3n) is 3.70. The van der Waals surface area contributed by atoms with Crippen LogP contribution in [-0.2, 0) is 4.79 Å². The average molecular weight is 255 g/mol. The number of hydrogen-bond donors (Lipinski definition) is 1. The predicted octanol–water partition coefficient (Wildman–Crippen LogP) is 2.92. The highest BCUT2D eigenvalue weighted by Gasteiger charge is 2.45. The number of anilines is 1. The van der Waals surface area contributed by atoms with Crippen molar-refractivity contribution in [3.63, 3.8) is 0 Å². The number of benzene rings is 1. The largest absolute Gasteiger partial charge is 0.324 e. The first-order valence-corrected chi connectivity index (χ1v) is 6.51. The van der Waals surface area contributed by atoms with Crippen molar-refractivity contribution in [1.82, 2.24) is 9.78 Å². The number of amides is 1. The topological polar surface area (TPSA) is 46.9 Å². The van der Waals surface area contributed by atoms with E-state index < -0.39 is 0 Å². The molecule has 1 heterocycles. The Balaban J connectivity index is 1.95. The summed E-state index contributed by atoms with van der Waals surface area (Å²) in [6, 6.07) is 7.85. The maximum absolute atomic E-state index is 12.2. The van der Waals surface area contributed by atoms with E-state index in [9.17, 15) is 4.79 Å². The molecule has 0 spiro atoms. The lowest BCUT2D eigenvalue weighted by atomic mass is 10.1. The number of rotatable bonds is 3. The number of carbonyl (C=O) groups excluding carboxylic acids is 1. The van der Waals surface area contributed by atoms with Gasteiger partial charge in [0.05, 0.1) is 11.4 Å². The maximum atomic E-state index is 12.2. The van der Waals surface area contributed by atoms with Crippen LogP contribution in [0.5, 0.6) is 0 Å². The van der Waals surface area contributed by atoms with Gasteiger partial charge in [-0.1, -0.05) is 13.0 Å². The summed E-state index contributed by atoms with van der Waals surface area (Å²) in [5.74, 6) is 0.103. The number of hydrogen-bond acceptors (Lipinski definition) is 2. The Labute approximate surface area is 112 Å². The Kier molecular flexibility index (Phi) is 2.66. The first kappa shape index (κ1) is 12.0. The van der Waals surface area contributed by atoms with E-state index in [0.29, 0.717) is 0 Å². The molecule has 0 aliphatic heterocycles. The summed E-state index contributed by atoms with van der Waals surface area (Å²) in [5.41, 5.74) is 2.66. The van der Waals surface area contributed by atoms with E-state index in [-0.39, 0.29) is 11.3 Å². The SMILES string of the molecule is Cc1ccc(-n2cccn2)c(NC(=O)C2(C)CC2)c1. The van der Waals surface area contributed by atoms with Crippen LogP contribution in [0.3, 0.4) is 0 Å². The standard InChI is InChI=1S/C15H17N3O/c1-11-4-5-13(18-9-3-8-16-18)12(10-11)17-14(19)15(2)6-7-15/h3-5,8-10H,6-7H2,1-2H3,(H,17,19). The molecule has 1 aromatic heterocycles. The molecule has 1 fully saturated rings. The fourth-order valence-electron chi connectivity index (χ4n) is 2.05. The Morgan fingerprint density at radius 1 is 1.42 bits per heavy atom. The van der Waals surface area contributed by atoms with Gasteiger partial charge in [-0.2, -0.15) is 5.10 Å². The monoisotopic (exact) mass is 255 g/mol. The van der Waals surface area contributed by atoms with Crippen LogP contribution in [0.4, 0.5) is 5.69 Å². The number of aryl methyl sites for hydroxylation is 1. The molecular weight excluding hydrogens is 238 g/mol. The molecule has 1 saturated carbocycles. The molecule has 1 aliphatic rings. The minimum absolute atomic E-state index is 0.103. The molecule has 1 aromatic carbocycles. The lowest BCUT2D eigenvalue weighted by molar-refractivity contribution is -0.120. The van der Waals surface area contributed by atoms with E-state index in [2.05, 4.69) is 10.4 Å². The van der Waals surface area contributed by atoms with Gasteiger partial charge in [0.15, 0.2) is 0 Å². The van der Waals surface area contributed by atoms with Crippen LogP contribution in [-0.4, -0.2) is 15.7 Å². The molecule has 3 rings (SSSR count). The van der Waals surface area contributed by atoms with Gasteiger partial charge in [-0.05, 0) is 43.5 Å². The van der Waals surface area contributed by atoms with E-state index in [4.69, 9.17) is 0 Å². The van der Waals surface area contributed by atoms with Crippen molar-refractivity contribution in [2.75, 3.05) is 5.32 Å². The smallest absolute Gasteiger partial charge is 0.230 e. The van der Waals surface area contributed by atoms with Gasteiger partial charge >= 0.3 is 0 Å². The molecule has 4 heteroatoms. The summed E-state index contributed by atoms with van der Waals surface area (Å²) in [4.78, 5) is 12.2. The van der Waals surface area contributed by atoms with Gasteiger partial charge in [0.1, 0.15) is 0 Å². The number of nitrogens with one attached hydrogen (secondary N) is 1. The van der Waals surface area contributed by atoms with Crippen LogP contribution >= 0.6 is 0 Å². The van der Waals surface area contributed by atoms with Crippen molar-refractivity contribution in [2.24, 2.45) is 5.41 Å². The van der Waals surface area contributed by atoms with E-state index in [0.717, 1.165) is 29.8 Å².